The van der Waals surface area contributed by atoms with Crippen LogP contribution < -0.4 is 19.7 Å². The number of hydrogen-bond donors (Lipinski definition) is 2. The van der Waals surface area contributed by atoms with Gasteiger partial charge in [0.1, 0.15) is 0 Å². The van der Waals surface area contributed by atoms with E-state index in [9.17, 15) is 13.2 Å². The van der Waals surface area contributed by atoms with E-state index in [0.29, 0.717) is 48.4 Å². The number of nitrogens with zero attached hydrogens (tertiary/aromatic N) is 1. The van der Waals surface area contributed by atoms with Crippen LogP contribution in [0.2, 0.25) is 5.02 Å². The molecule has 29 heavy (non-hydrogen) atoms. The number of hydrogen-bond acceptors (Lipinski definition) is 5. The van der Waals surface area contributed by atoms with Gasteiger partial charge in [0.15, 0.2) is 18.0 Å². The van der Waals surface area contributed by atoms with E-state index in [0.717, 1.165) is 4.90 Å². The van der Waals surface area contributed by atoms with Crippen LogP contribution in [0.15, 0.2) is 47.4 Å². The van der Waals surface area contributed by atoms with Crippen molar-refractivity contribution in [1.29, 1.82) is 0 Å². The number of fused-ring (bicyclic) bond motifs is 1. The van der Waals surface area contributed by atoms with Gasteiger partial charge in [0.25, 0.3) is 5.91 Å². The van der Waals surface area contributed by atoms with Crippen LogP contribution in [0.25, 0.3) is 0 Å². The average Bonchev–Trinajstić information content (AvgIpc) is 3.16. The number of piperazine rings is 1. The smallest absolute Gasteiger partial charge is 0.279 e. The second-order valence-electron chi connectivity index (χ2n) is 6.90. The lowest BCUT2D eigenvalue weighted by molar-refractivity contribution is -0.895. The Kier molecular flexibility index (Phi) is 5.64. The molecule has 2 N–H and O–H groups in total. The molecule has 2 aliphatic rings. The lowest BCUT2D eigenvalue weighted by Gasteiger charge is -2.31. The molecular formula is C19H21ClN3O5S+. The second kappa shape index (κ2) is 8.19. The Hall–Kier alpha value is -2.33. The SMILES string of the molecule is O=C(C[NH+]1CCN(S(=O)(=O)c2ccc(Cl)cc2)CC1)Nc1ccc2c(c1)OCO2. The van der Waals surface area contributed by atoms with E-state index < -0.39 is 10.0 Å². The molecule has 0 aliphatic carbocycles. The van der Waals surface area contributed by atoms with Crippen LogP contribution in [-0.4, -0.2) is 58.1 Å². The molecule has 2 aromatic rings. The highest BCUT2D eigenvalue weighted by atomic mass is 35.5. The first kappa shape index (κ1) is 20.0. The Labute approximate surface area is 174 Å². The van der Waals surface area contributed by atoms with Crippen molar-refractivity contribution in [3.8, 4) is 11.5 Å². The first-order chi connectivity index (χ1) is 13.9. The molecule has 2 heterocycles. The molecule has 154 valence electrons. The minimum absolute atomic E-state index is 0.132. The van der Waals surface area contributed by atoms with Crippen molar-refractivity contribution in [3.05, 3.63) is 47.5 Å². The van der Waals surface area contributed by atoms with Crippen molar-refractivity contribution in [2.24, 2.45) is 0 Å². The summed E-state index contributed by atoms with van der Waals surface area (Å²) in [6.07, 6.45) is 0. The summed E-state index contributed by atoms with van der Waals surface area (Å²) < 4.78 is 37.5. The van der Waals surface area contributed by atoms with E-state index in [-0.39, 0.29) is 24.1 Å². The van der Waals surface area contributed by atoms with Gasteiger partial charge in [-0.1, -0.05) is 11.6 Å². The molecule has 0 spiro atoms. The van der Waals surface area contributed by atoms with Gasteiger partial charge in [-0.3, -0.25) is 4.79 Å². The second-order valence-corrected chi connectivity index (χ2v) is 9.28. The summed E-state index contributed by atoms with van der Waals surface area (Å²) in [6.45, 7) is 2.28. The number of amides is 1. The summed E-state index contributed by atoms with van der Waals surface area (Å²) >= 11 is 5.84. The van der Waals surface area contributed by atoms with Crippen LogP contribution in [0.3, 0.4) is 0 Å². The molecule has 4 rings (SSSR count). The molecule has 2 aromatic carbocycles. The highest BCUT2D eigenvalue weighted by Gasteiger charge is 2.31. The third-order valence-corrected chi connectivity index (χ3v) is 7.11. The topological polar surface area (TPSA) is 89.4 Å². The van der Waals surface area contributed by atoms with E-state index in [2.05, 4.69) is 5.32 Å². The van der Waals surface area contributed by atoms with E-state index in [1.807, 2.05) is 0 Å². The molecule has 8 nitrogen and oxygen atoms in total. The van der Waals surface area contributed by atoms with Crippen LogP contribution >= 0.6 is 11.6 Å². The van der Waals surface area contributed by atoms with Crippen LogP contribution in [0.1, 0.15) is 0 Å². The van der Waals surface area contributed by atoms with Gasteiger partial charge in [-0.2, -0.15) is 4.31 Å². The minimum atomic E-state index is -3.55. The van der Waals surface area contributed by atoms with Crippen molar-refractivity contribution in [3.63, 3.8) is 0 Å². The maximum atomic E-state index is 12.7. The maximum Gasteiger partial charge on any atom is 0.279 e. The normalized spacial score (nSPS) is 17.3. The Morgan fingerprint density at radius 1 is 1.07 bits per heavy atom. The zero-order valence-corrected chi connectivity index (χ0v) is 17.1. The number of anilines is 1. The number of nitrogens with one attached hydrogen (secondary N) is 2. The quantitative estimate of drug-likeness (QED) is 0.713. The fourth-order valence-electron chi connectivity index (χ4n) is 3.38. The van der Waals surface area contributed by atoms with E-state index in [1.54, 1.807) is 30.3 Å². The number of sulfonamides is 1. The maximum absolute atomic E-state index is 12.7. The summed E-state index contributed by atoms with van der Waals surface area (Å²) in [5.74, 6) is 1.13. The van der Waals surface area contributed by atoms with Gasteiger partial charge in [-0.15, -0.1) is 0 Å². The molecule has 1 amide bonds. The first-order valence-electron chi connectivity index (χ1n) is 9.20. The minimum Gasteiger partial charge on any atom is -0.454 e. The zero-order valence-electron chi connectivity index (χ0n) is 15.6. The van der Waals surface area contributed by atoms with Gasteiger partial charge in [-0.05, 0) is 36.4 Å². The number of halogens is 1. The predicted octanol–water partition coefficient (Wildman–Crippen LogP) is 0.597. The summed E-state index contributed by atoms with van der Waals surface area (Å²) in [5, 5.41) is 3.34. The molecular weight excluding hydrogens is 418 g/mol. The van der Waals surface area contributed by atoms with E-state index in [4.69, 9.17) is 21.1 Å². The van der Waals surface area contributed by atoms with Crippen LogP contribution in [0, 0.1) is 0 Å². The lowest BCUT2D eigenvalue weighted by Crippen LogP contribution is -3.15. The lowest BCUT2D eigenvalue weighted by atomic mass is 10.2. The Bertz CT molecular complexity index is 1010. The number of carbonyl (C=O) groups is 1. The predicted molar refractivity (Wildman–Crippen MR) is 107 cm³/mol. The molecule has 0 atom stereocenters. The Morgan fingerprint density at radius 3 is 2.48 bits per heavy atom. The monoisotopic (exact) mass is 438 g/mol. The largest absolute Gasteiger partial charge is 0.454 e. The Morgan fingerprint density at radius 2 is 1.76 bits per heavy atom. The molecule has 2 aliphatic heterocycles. The van der Waals surface area contributed by atoms with Crippen molar-refractivity contribution < 1.29 is 27.6 Å². The number of benzene rings is 2. The number of ether oxygens (including phenoxy) is 2. The van der Waals surface area contributed by atoms with Crippen LogP contribution in [-0.2, 0) is 14.8 Å². The summed E-state index contributed by atoms with van der Waals surface area (Å²) in [4.78, 5) is 13.6. The molecule has 0 saturated carbocycles. The number of rotatable bonds is 5. The van der Waals surface area contributed by atoms with Crippen LogP contribution in [0.5, 0.6) is 11.5 Å². The van der Waals surface area contributed by atoms with Gasteiger partial charge >= 0.3 is 0 Å². The van der Waals surface area contributed by atoms with Gasteiger partial charge < -0.3 is 19.7 Å². The average molecular weight is 439 g/mol. The van der Waals surface area contributed by atoms with Crippen LogP contribution in [0.4, 0.5) is 5.69 Å². The fourth-order valence-corrected chi connectivity index (χ4v) is 4.95. The van der Waals surface area contributed by atoms with Crippen molar-refractivity contribution in [2.45, 2.75) is 4.90 Å². The van der Waals surface area contributed by atoms with Crippen molar-refractivity contribution in [2.75, 3.05) is 44.8 Å². The highest BCUT2D eigenvalue weighted by Crippen LogP contribution is 2.34. The summed E-state index contributed by atoms with van der Waals surface area (Å²) in [5.41, 5.74) is 0.641. The molecule has 0 unspecified atom stereocenters. The zero-order chi connectivity index (χ0) is 20.4. The van der Waals surface area contributed by atoms with E-state index in [1.165, 1.54) is 16.4 Å². The molecule has 10 heteroatoms. The fraction of sp³-hybridized carbons (Fsp3) is 0.316. The third kappa shape index (κ3) is 4.48. The Balaban J connectivity index is 1.30. The molecule has 0 radical (unpaired) electrons. The highest BCUT2D eigenvalue weighted by molar-refractivity contribution is 7.89. The first-order valence-corrected chi connectivity index (χ1v) is 11.0. The van der Waals surface area contributed by atoms with Gasteiger partial charge in [0.05, 0.1) is 31.1 Å². The summed E-state index contributed by atoms with van der Waals surface area (Å²) in [7, 11) is -3.55. The third-order valence-electron chi connectivity index (χ3n) is 4.95. The van der Waals surface area contributed by atoms with Crippen molar-refractivity contribution in [1.82, 2.24) is 4.31 Å². The molecule has 1 saturated heterocycles. The molecule has 0 aromatic heterocycles. The summed E-state index contributed by atoms with van der Waals surface area (Å²) in [6, 6.07) is 11.4. The number of quaternary nitrogens is 1. The van der Waals surface area contributed by atoms with Gasteiger partial charge in [0, 0.05) is 16.8 Å². The molecule has 1 fully saturated rings. The van der Waals surface area contributed by atoms with Gasteiger partial charge in [-0.25, -0.2) is 8.42 Å². The number of carbonyl (C=O) groups excluding carboxylic acids is 1. The van der Waals surface area contributed by atoms with Gasteiger partial charge in [0.2, 0.25) is 16.8 Å². The van der Waals surface area contributed by atoms with E-state index >= 15 is 0 Å². The molecule has 0 bridgehead atoms. The van der Waals surface area contributed by atoms with Crippen molar-refractivity contribution >= 4 is 33.2 Å². The standard InChI is InChI=1S/C19H20ClN3O5S/c20-14-1-4-16(5-2-14)29(25,26)23-9-7-22(8-10-23)12-19(24)21-15-3-6-17-18(11-15)28-13-27-17/h1-6,11H,7-10,12-13H2,(H,21,24)/p+1.